The zero-order valence-electron chi connectivity index (χ0n) is 21.3. The predicted molar refractivity (Wildman–Crippen MR) is 130 cm³/mol. The highest BCUT2D eigenvalue weighted by atomic mass is 19.4. The third-order valence-corrected chi connectivity index (χ3v) is 7.07. The zero-order chi connectivity index (χ0) is 28.2. The largest absolute Gasteiger partial charge is 0.493 e. The van der Waals surface area contributed by atoms with E-state index >= 15 is 0 Å². The SMILES string of the molecule is COc1c([C@H]2[C@H](c3cc(=O)c4c(NCC(C)(C)O)nccc4[nH]3)O[C@@](C)(C(F)(F)F)[C@H]2C)ccc(F)c1F. The van der Waals surface area contributed by atoms with E-state index in [-0.39, 0.29) is 34.5 Å². The molecule has 1 aromatic carbocycles. The number of hydrogen-bond acceptors (Lipinski definition) is 6. The van der Waals surface area contributed by atoms with Crippen LogP contribution in [0, 0.1) is 17.6 Å². The van der Waals surface area contributed by atoms with Crippen LogP contribution in [0.25, 0.3) is 10.9 Å². The van der Waals surface area contributed by atoms with Crippen LogP contribution in [0.15, 0.2) is 35.3 Å². The average molecular weight is 542 g/mol. The first-order valence-corrected chi connectivity index (χ1v) is 11.8. The van der Waals surface area contributed by atoms with Crippen LogP contribution in [0.2, 0.25) is 0 Å². The van der Waals surface area contributed by atoms with E-state index in [1.54, 1.807) is 13.8 Å². The Hall–Kier alpha value is -3.25. The number of rotatable bonds is 6. The van der Waals surface area contributed by atoms with Gasteiger partial charge in [-0.2, -0.15) is 17.6 Å². The number of ether oxygens (including phenoxy) is 2. The Balaban J connectivity index is 1.89. The molecule has 1 aliphatic heterocycles. The summed E-state index contributed by atoms with van der Waals surface area (Å²) in [6.45, 7) is 5.40. The fourth-order valence-electron chi connectivity index (χ4n) is 4.89. The molecule has 4 rings (SSSR count). The molecule has 0 unspecified atom stereocenters. The number of aromatic amines is 1. The van der Waals surface area contributed by atoms with E-state index in [0.717, 1.165) is 26.2 Å². The Bertz CT molecular complexity index is 1420. The van der Waals surface area contributed by atoms with Gasteiger partial charge in [0, 0.05) is 41.9 Å². The number of nitrogens with one attached hydrogen (secondary N) is 2. The highest BCUT2D eigenvalue weighted by Crippen LogP contribution is 2.59. The van der Waals surface area contributed by atoms with Crippen molar-refractivity contribution in [2.45, 2.75) is 57.1 Å². The summed E-state index contributed by atoms with van der Waals surface area (Å²) in [5.74, 6) is -5.37. The van der Waals surface area contributed by atoms with Crippen molar-refractivity contribution in [3.8, 4) is 5.75 Å². The lowest BCUT2D eigenvalue weighted by molar-refractivity contribution is -0.275. The van der Waals surface area contributed by atoms with Crippen LogP contribution in [-0.2, 0) is 4.74 Å². The van der Waals surface area contributed by atoms with Crippen molar-refractivity contribution in [2.24, 2.45) is 5.92 Å². The Morgan fingerprint density at radius 1 is 1.24 bits per heavy atom. The van der Waals surface area contributed by atoms with Crippen molar-refractivity contribution < 1.29 is 36.5 Å². The number of benzene rings is 1. The minimum absolute atomic E-state index is 0.0127. The van der Waals surface area contributed by atoms with Crippen LogP contribution in [-0.4, -0.2) is 46.1 Å². The average Bonchev–Trinajstić information content (AvgIpc) is 3.10. The van der Waals surface area contributed by atoms with Gasteiger partial charge >= 0.3 is 6.18 Å². The van der Waals surface area contributed by atoms with Gasteiger partial charge in [0.05, 0.1) is 23.6 Å². The number of aliphatic hydroxyl groups is 1. The molecule has 1 saturated heterocycles. The molecule has 206 valence electrons. The minimum Gasteiger partial charge on any atom is -0.493 e. The third kappa shape index (κ3) is 4.71. The number of aromatic nitrogens is 2. The first kappa shape index (κ1) is 27.8. The molecule has 0 amide bonds. The second-order valence-corrected chi connectivity index (χ2v) is 10.3. The summed E-state index contributed by atoms with van der Waals surface area (Å²) in [4.78, 5) is 20.4. The fourth-order valence-corrected chi connectivity index (χ4v) is 4.89. The number of pyridine rings is 2. The number of fused-ring (bicyclic) bond motifs is 1. The van der Waals surface area contributed by atoms with Gasteiger partial charge in [-0.3, -0.25) is 4.79 Å². The van der Waals surface area contributed by atoms with Crippen LogP contribution in [0.1, 0.15) is 51.0 Å². The molecular weight excluding hydrogens is 513 g/mol. The maximum absolute atomic E-state index is 14.6. The van der Waals surface area contributed by atoms with Gasteiger partial charge in [-0.15, -0.1) is 0 Å². The first-order chi connectivity index (χ1) is 17.6. The predicted octanol–water partition coefficient (Wildman–Crippen LogP) is 5.20. The maximum Gasteiger partial charge on any atom is 0.417 e. The Kier molecular flexibility index (Phi) is 6.94. The summed E-state index contributed by atoms with van der Waals surface area (Å²) in [6.07, 6.45) is -4.82. The van der Waals surface area contributed by atoms with Crippen molar-refractivity contribution in [1.29, 1.82) is 0 Å². The van der Waals surface area contributed by atoms with Crippen LogP contribution in [0.5, 0.6) is 5.75 Å². The first-order valence-electron chi connectivity index (χ1n) is 11.8. The number of H-pyrrole nitrogens is 1. The molecule has 0 aliphatic carbocycles. The van der Waals surface area contributed by atoms with Gasteiger partial charge in [0.25, 0.3) is 0 Å². The molecule has 3 N–H and O–H groups in total. The molecule has 1 aliphatic rings. The highest BCUT2D eigenvalue weighted by molar-refractivity contribution is 5.88. The van der Waals surface area contributed by atoms with Gasteiger partial charge in [0.2, 0.25) is 5.82 Å². The number of anilines is 1. The molecular formula is C26H28F5N3O4. The maximum atomic E-state index is 14.6. The number of nitrogens with zero attached hydrogens (tertiary/aromatic N) is 1. The number of methoxy groups -OCH3 is 1. The number of halogens is 5. The van der Waals surface area contributed by atoms with Gasteiger partial charge < -0.3 is 24.9 Å². The van der Waals surface area contributed by atoms with E-state index < -0.39 is 58.1 Å². The highest BCUT2D eigenvalue weighted by Gasteiger charge is 2.65. The smallest absolute Gasteiger partial charge is 0.417 e. The molecule has 38 heavy (non-hydrogen) atoms. The Labute approximate surface area is 215 Å². The summed E-state index contributed by atoms with van der Waals surface area (Å²) in [5.41, 5.74) is -4.11. The number of hydrogen-bond donors (Lipinski definition) is 3. The van der Waals surface area contributed by atoms with Gasteiger partial charge in [-0.05, 0) is 32.9 Å². The minimum atomic E-state index is -4.82. The van der Waals surface area contributed by atoms with E-state index in [0.29, 0.717) is 0 Å². The monoisotopic (exact) mass is 541 g/mol. The molecule has 0 spiro atoms. The second-order valence-electron chi connectivity index (χ2n) is 10.3. The summed E-state index contributed by atoms with van der Waals surface area (Å²) in [7, 11) is 1.09. The Morgan fingerprint density at radius 3 is 2.53 bits per heavy atom. The van der Waals surface area contributed by atoms with Crippen molar-refractivity contribution in [2.75, 3.05) is 19.0 Å². The van der Waals surface area contributed by atoms with E-state index in [2.05, 4.69) is 15.3 Å². The van der Waals surface area contributed by atoms with Crippen molar-refractivity contribution in [3.05, 3.63) is 63.6 Å². The molecule has 7 nitrogen and oxygen atoms in total. The summed E-state index contributed by atoms with van der Waals surface area (Å²) in [6, 6.07) is 4.57. The molecule has 3 aromatic rings. The van der Waals surface area contributed by atoms with Crippen LogP contribution < -0.4 is 15.5 Å². The lowest BCUT2D eigenvalue weighted by atomic mass is 9.76. The van der Waals surface area contributed by atoms with Crippen molar-refractivity contribution in [1.82, 2.24) is 9.97 Å². The molecule has 12 heteroatoms. The van der Waals surface area contributed by atoms with Crippen molar-refractivity contribution in [3.63, 3.8) is 0 Å². The second kappa shape index (κ2) is 9.49. The molecule has 1 fully saturated rings. The van der Waals surface area contributed by atoms with E-state index in [4.69, 9.17) is 9.47 Å². The molecule has 0 bridgehead atoms. The lowest BCUT2D eigenvalue weighted by Crippen LogP contribution is -2.46. The normalized spacial score (nSPS) is 24.1. The molecule has 0 saturated carbocycles. The summed E-state index contributed by atoms with van der Waals surface area (Å²) < 4.78 is 82.1. The van der Waals surface area contributed by atoms with Gasteiger partial charge in [-0.1, -0.05) is 13.0 Å². The fraction of sp³-hybridized carbons (Fsp3) is 0.462. The van der Waals surface area contributed by atoms with Gasteiger partial charge in [0.1, 0.15) is 11.9 Å². The Morgan fingerprint density at radius 2 is 1.92 bits per heavy atom. The third-order valence-electron chi connectivity index (χ3n) is 7.07. The standard InChI is InChI=1S/C26H28F5N3O4/c1-12-18(13-6-7-14(27)20(28)21(13)37-5)22(38-25(12,4)26(29,30)31)16-10-17(35)19-15(34-16)8-9-32-23(19)33-11-24(2,3)36/h6-10,12,18,22,36H,11H2,1-5H3,(H,32,33)(H,34,35)/t12-,18-,22-,25+/m0/s1. The summed E-state index contributed by atoms with van der Waals surface area (Å²) in [5, 5.41) is 13.1. The number of alkyl halides is 3. The quantitative estimate of drug-likeness (QED) is 0.371. The summed E-state index contributed by atoms with van der Waals surface area (Å²) >= 11 is 0. The van der Waals surface area contributed by atoms with E-state index in [1.807, 2.05) is 0 Å². The molecule has 0 radical (unpaired) electrons. The van der Waals surface area contributed by atoms with E-state index in [1.165, 1.54) is 25.3 Å². The van der Waals surface area contributed by atoms with Crippen molar-refractivity contribution >= 4 is 16.7 Å². The topological polar surface area (TPSA) is 96.5 Å². The molecule has 2 aromatic heterocycles. The van der Waals surface area contributed by atoms with Crippen LogP contribution in [0.4, 0.5) is 27.8 Å². The van der Waals surface area contributed by atoms with Crippen LogP contribution >= 0.6 is 0 Å². The lowest BCUT2D eigenvalue weighted by Gasteiger charge is -2.32. The van der Waals surface area contributed by atoms with Gasteiger partial charge in [0.15, 0.2) is 22.6 Å². The van der Waals surface area contributed by atoms with Crippen LogP contribution in [0.3, 0.4) is 0 Å². The van der Waals surface area contributed by atoms with Gasteiger partial charge in [-0.25, -0.2) is 9.37 Å². The molecule has 3 heterocycles. The van der Waals surface area contributed by atoms with E-state index in [9.17, 15) is 31.9 Å². The zero-order valence-corrected chi connectivity index (χ0v) is 21.3. The molecule has 4 atom stereocenters.